The molecule has 1 aromatic rings. The molecule has 0 bridgehead atoms. The van der Waals surface area contributed by atoms with Crippen LogP contribution in [0.4, 0.5) is 22.0 Å². The van der Waals surface area contributed by atoms with Gasteiger partial charge in [0.25, 0.3) is 5.91 Å². The van der Waals surface area contributed by atoms with E-state index in [9.17, 15) is 26.7 Å². The number of carbonyl (C=O) groups excluding carboxylic acids is 1. The van der Waals surface area contributed by atoms with E-state index in [1.54, 1.807) is 0 Å². The first-order valence-corrected chi connectivity index (χ1v) is 5.96. The molecule has 3 nitrogen and oxygen atoms in total. The van der Waals surface area contributed by atoms with Crippen molar-refractivity contribution in [2.45, 2.75) is 18.9 Å². The summed E-state index contributed by atoms with van der Waals surface area (Å²) in [6.45, 7) is 1.20. The number of benzene rings is 1. The van der Waals surface area contributed by atoms with Crippen molar-refractivity contribution in [3.05, 3.63) is 34.6 Å². The van der Waals surface area contributed by atoms with Gasteiger partial charge in [-0.3, -0.25) is 4.79 Å². The van der Waals surface area contributed by atoms with Crippen LogP contribution in [0.2, 0.25) is 0 Å². The summed E-state index contributed by atoms with van der Waals surface area (Å²) >= 11 is 0. The molecule has 20 heavy (non-hydrogen) atoms. The molecule has 0 radical (unpaired) electrons. The Balaban J connectivity index is 2.30. The standard InChI is InChI=1S/C12H11F5N2O/c13-7-6(8(14)10(16)11(17)9(7)15)12(20)19-5-1-3-18-4-2-5/h5,18H,1-4H2,(H,19,20). The lowest BCUT2D eigenvalue weighted by molar-refractivity contribution is 0.0917. The van der Waals surface area contributed by atoms with E-state index >= 15 is 0 Å². The smallest absolute Gasteiger partial charge is 0.257 e. The molecule has 0 saturated carbocycles. The van der Waals surface area contributed by atoms with E-state index in [4.69, 9.17) is 0 Å². The van der Waals surface area contributed by atoms with E-state index in [1.165, 1.54) is 0 Å². The van der Waals surface area contributed by atoms with Crippen LogP contribution in [0.5, 0.6) is 0 Å². The van der Waals surface area contributed by atoms with Gasteiger partial charge < -0.3 is 10.6 Å². The van der Waals surface area contributed by atoms with Crippen molar-refractivity contribution in [3.8, 4) is 0 Å². The summed E-state index contributed by atoms with van der Waals surface area (Å²) in [6, 6.07) is -0.362. The maximum Gasteiger partial charge on any atom is 0.257 e. The second kappa shape index (κ2) is 5.74. The van der Waals surface area contributed by atoms with Crippen LogP contribution in [0.1, 0.15) is 23.2 Å². The highest BCUT2D eigenvalue weighted by Crippen LogP contribution is 2.23. The summed E-state index contributed by atoms with van der Waals surface area (Å²) in [4.78, 5) is 11.7. The molecule has 1 saturated heterocycles. The zero-order valence-corrected chi connectivity index (χ0v) is 10.2. The topological polar surface area (TPSA) is 41.1 Å². The van der Waals surface area contributed by atoms with Crippen LogP contribution >= 0.6 is 0 Å². The predicted molar refractivity (Wildman–Crippen MR) is 59.6 cm³/mol. The Morgan fingerprint density at radius 1 is 0.900 bits per heavy atom. The molecule has 0 aliphatic carbocycles. The molecule has 1 fully saturated rings. The number of carbonyl (C=O) groups is 1. The average molecular weight is 294 g/mol. The minimum atomic E-state index is -2.28. The molecule has 1 aromatic carbocycles. The molecule has 1 aliphatic heterocycles. The number of piperidine rings is 1. The van der Waals surface area contributed by atoms with Crippen molar-refractivity contribution in [3.63, 3.8) is 0 Å². The lowest BCUT2D eigenvalue weighted by Gasteiger charge is -2.23. The number of nitrogens with one attached hydrogen (secondary N) is 2. The first kappa shape index (κ1) is 14.7. The zero-order chi connectivity index (χ0) is 14.9. The molecule has 0 atom stereocenters. The summed E-state index contributed by atoms with van der Waals surface area (Å²) in [7, 11) is 0. The van der Waals surface area contributed by atoms with Crippen LogP contribution in [-0.2, 0) is 0 Å². The predicted octanol–water partition coefficient (Wildman–Crippen LogP) is 1.86. The third-order valence-corrected chi connectivity index (χ3v) is 3.11. The first-order chi connectivity index (χ1) is 9.43. The van der Waals surface area contributed by atoms with Gasteiger partial charge in [0, 0.05) is 6.04 Å². The van der Waals surface area contributed by atoms with Gasteiger partial charge in [-0.15, -0.1) is 0 Å². The second-order valence-electron chi connectivity index (χ2n) is 4.44. The largest absolute Gasteiger partial charge is 0.349 e. The summed E-state index contributed by atoms with van der Waals surface area (Å²) in [5.41, 5.74) is -1.44. The second-order valence-corrected chi connectivity index (χ2v) is 4.44. The molecule has 110 valence electrons. The van der Waals surface area contributed by atoms with Crippen LogP contribution in [-0.4, -0.2) is 25.0 Å². The molecular formula is C12H11F5N2O. The van der Waals surface area contributed by atoms with E-state index in [2.05, 4.69) is 10.6 Å². The minimum Gasteiger partial charge on any atom is -0.349 e. The molecule has 0 unspecified atom stereocenters. The fourth-order valence-electron chi connectivity index (χ4n) is 2.03. The van der Waals surface area contributed by atoms with Crippen LogP contribution in [0, 0.1) is 29.1 Å². The van der Waals surface area contributed by atoms with Crippen molar-refractivity contribution in [2.75, 3.05) is 13.1 Å². The molecule has 2 rings (SSSR count). The first-order valence-electron chi connectivity index (χ1n) is 5.96. The Bertz CT molecular complexity index is 514. The Labute approximate surface area is 111 Å². The van der Waals surface area contributed by atoms with Crippen molar-refractivity contribution in [1.29, 1.82) is 0 Å². The molecule has 2 N–H and O–H groups in total. The fourth-order valence-corrected chi connectivity index (χ4v) is 2.03. The van der Waals surface area contributed by atoms with Crippen molar-refractivity contribution in [2.24, 2.45) is 0 Å². The van der Waals surface area contributed by atoms with E-state index in [0.29, 0.717) is 25.9 Å². The number of halogens is 5. The molecule has 0 aromatic heterocycles. The number of amides is 1. The average Bonchev–Trinajstić information content (AvgIpc) is 2.44. The van der Waals surface area contributed by atoms with Gasteiger partial charge in [0.1, 0.15) is 5.56 Å². The van der Waals surface area contributed by atoms with Gasteiger partial charge >= 0.3 is 0 Å². The summed E-state index contributed by atoms with van der Waals surface area (Å²) < 4.78 is 65.7. The van der Waals surface area contributed by atoms with Crippen molar-refractivity contribution < 1.29 is 26.7 Å². The molecular weight excluding hydrogens is 283 g/mol. The van der Waals surface area contributed by atoms with Gasteiger partial charge in [0.15, 0.2) is 23.3 Å². The van der Waals surface area contributed by atoms with Gasteiger partial charge in [-0.25, -0.2) is 22.0 Å². The molecule has 1 amide bonds. The van der Waals surface area contributed by atoms with Crippen LogP contribution in [0.3, 0.4) is 0 Å². The highest BCUT2D eigenvalue weighted by Gasteiger charge is 2.30. The molecule has 1 heterocycles. The van der Waals surface area contributed by atoms with E-state index in [1.807, 2.05) is 0 Å². The van der Waals surface area contributed by atoms with Crippen LogP contribution in [0.25, 0.3) is 0 Å². The number of rotatable bonds is 2. The number of hydrogen-bond acceptors (Lipinski definition) is 2. The van der Waals surface area contributed by atoms with Crippen LogP contribution in [0.15, 0.2) is 0 Å². The maximum absolute atomic E-state index is 13.4. The number of hydrogen-bond donors (Lipinski definition) is 2. The van der Waals surface area contributed by atoms with Gasteiger partial charge in [0.2, 0.25) is 5.82 Å². The molecule has 8 heteroatoms. The monoisotopic (exact) mass is 294 g/mol. The van der Waals surface area contributed by atoms with Gasteiger partial charge in [-0.05, 0) is 25.9 Å². The van der Waals surface area contributed by atoms with Gasteiger partial charge in [-0.2, -0.15) is 0 Å². The Morgan fingerprint density at radius 3 is 1.85 bits per heavy atom. The molecule has 1 aliphatic rings. The lowest BCUT2D eigenvalue weighted by Crippen LogP contribution is -2.43. The third kappa shape index (κ3) is 2.60. The van der Waals surface area contributed by atoms with Gasteiger partial charge in [-0.1, -0.05) is 0 Å². The van der Waals surface area contributed by atoms with E-state index in [0.717, 1.165) is 0 Å². The minimum absolute atomic E-state index is 0.362. The fraction of sp³-hybridized carbons (Fsp3) is 0.417. The maximum atomic E-state index is 13.4. The Hall–Kier alpha value is -1.70. The summed E-state index contributed by atoms with van der Waals surface area (Å²) in [6.07, 6.45) is 1.03. The Kier molecular flexibility index (Phi) is 4.22. The highest BCUT2D eigenvalue weighted by atomic mass is 19.2. The summed E-state index contributed by atoms with van der Waals surface area (Å²) in [5, 5.41) is 5.28. The van der Waals surface area contributed by atoms with Gasteiger partial charge in [0.05, 0.1) is 0 Å². The van der Waals surface area contributed by atoms with E-state index in [-0.39, 0.29) is 6.04 Å². The SMILES string of the molecule is O=C(NC1CCNCC1)c1c(F)c(F)c(F)c(F)c1F. The summed E-state index contributed by atoms with van der Waals surface area (Å²) in [5.74, 6) is -12.1. The van der Waals surface area contributed by atoms with Crippen molar-refractivity contribution in [1.82, 2.24) is 10.6 Å². The van der Waals surface area contributed by atoms with E-state index < -0.39 is 40.6 Å². The lowest BCUT2D eigenvalue weighted by atomic mass is 10.1. The Morgan fingerprint density at radius 2 is 1.35 bits per heavy atom. The highest BCUT2D eigenvalue weighted by molar-refractivity contribution is 5.95. The van der Waals surface area contributed by atoms with Crippen molar-refractivity contribution >= 4 is 5.91 Å². The quantitative estimate of drug-likeness (QED) is 0.497. The zero-order valence-electron chi connectivity index (χ0n) is 10.2. The normalized spacial score (nSPS) is 16.2. The van der Waals surface area contributed by atoms with Crippen LogP contribution < -0.4 is 10.6 Å². The third-order valence-electron chi connectivity index (χ3n) is 3.11. The molecule has 0 spiro atoms.